The summed E-state index contributed by atoms with van der Waals surface area (Å²) in [7, 11) is 0. The van der Waals surface area contributed by atoms with E-state index in [0.29, 0.717) is 16.3 Å². The van der Waals surface area contributed by atoms with Crippen molar-refractivity contribution in [3.05, 3.63) is 91.1 Å². The Labute approximate surface area is 220 Å². The Hall–Kier alpha value is -3.83. The second kappa shape index (κ2) is 11.1. The molecule has 3 aromatic rings. The van der Waals surface area contributed by atoms with Gasteiger partial charge in [0.15, 0.2) is 5.17 Å². The Morgan fingerprint density at radius 2 is 1.70 bits per heavy atom. The van der Waals surface area contributed by atoms with E-state index in [1.165, 1.54) is 0 Å². The summed E-state index contributed by atoms with van der Waals surface area (Å²) in [4.78, 5) is 58.1. The van der Waals surface area contributed by atoms with Gasteiger partial charge < -0.3 is 15.7 Å². The van der Waals surface area contributed by atoms with Crippen molar-refractivity contribution in [2.45, 2.75) is 37.5 Å². The third-order valence-electron chi connectivity index (χ3n) is 5.67. The molecule has 1 aliphatic heterocycles. The number of carbonyl (C=O) groups is 2. The van der Waals surface area contributed by atoms with E-state index in [1.807, 2.05) is 26.0 Å². The molecule has 2 heterocycles. The highest BCUT2D eigenvalue weighted by Gasteiger charge is 2.34. The first-order valence-corrected chi connectivity index (χ1v) is 12.6. The number of amides is 2. The minimum absolute atomic E-state index is 0.115. The number of benzene rings is 2. The zero-order chi connectivity index (χ0) is 26.7. The Bertz CT molecular complexity index is 1460. The molecule has 1 saturated heterocycles. The number of rotatable bonds is 7. The maximum absolute atomic E-state index is 12.6. The highest BCUT2D eigenvalue weighted by Crippen LogP contribution is 2.32. The van der Waals surface area contributed by atoms with Crippen LogP contribution >= 0.6 is 23.4 Å². The van der Waals surface area contributed by atoms with Gasteiger partial charge in [-0.3, -0.25) is 24.4 Å². The summed E-state index contributed by atoms with van der Waals surface area (Å²) in [6.07, 6.45) is -0.115. The van der Waals surface area contributed by atoms with Crippen LogP contribution < -0.4 is 21.9 Å². The smallest absolute Gasteiger partial charge is 0.328 e. The van der Waals surface area contributed by atoms with Gasteiger partial charge in [0.05, 0.1) is 0 Å². The van der Waals surface area contributed by atoms with E-state index in [-0.39, 0.29) is 29.0 Å². The molecular formula is C25H24ClN5O5S. The van der Waals surface area contributed by atoms with Crippen molar-refractivity contribution in [2.75, 3.05) is 5.32 Å². The van der Waals surface area contributed by atoms with Crippen molar-refractivity contribution < 1.29 is 14.7 Å². The normalized spacial score (nSPS) is 17.1. The number of H-pyrrole nitrogens is 2. The van der Waals surface area contributed by atoms with Gasteiger partial charge in [0.25, 0.3) is 5.56 Å². The van der Waals surface area contributed by atoms with Gasteiger partial charge in [-0.05, 0) is 41.3 Å². The molecule has 0 bridgehead atoms. The summed E-state index contributed by atoms with van der Waals surface area (Å²) < 4.78 is 0. The van der Waals surface area contributed by atoms with Gasteiger partial charge in [0.1, 0.15) is 16.9 Å². The predicted molar refractivity (Wildman–Crippen MR) is 143 cm³/mol. The fourth-order valence-electron chi connectivity index (χ4n) is 3.74. The average molecular weight is 542 g/mol. The number of nitrogens with zero attached hydrogens (tertiary/aromatic N) is 1. The van der Waals surface area contributed by atoms with Crippen molar-refractivity contribution >= 4 is 46.0 Å². The number of halogens is 1. The van der Waals surface area contributed by atoms with Gasteiger partial charge in [0, 0.05) is 17.1 Å². The van der Waals surface area contributed by atoms with Gasteiger partial charge in [-0.2, -0.15) is 0 Å². The first kappa shape index (κ1) is 26.2. The van der Waals surface area contributed by atoms with Crippen molar-refractivity contribution in [3.63, 3.8) is 0 Å². The van der Waals surface area contributed by atoms with E-state index in [9.17, 15) is 24.3 Å². The first-order chi connectivity index (χ1) is 17.6. The minimum atomic E-state index is -1.04. The van der Waals surface area contributed by atoms with Crippen LogP contribution in [0.25, 0.3) is 0 Å². The molecular weight excluding hydrogens is 518 g/mol. The van der Waals surface area contributed by atoms with Crippen LogP contribution in [0.4, 0.5) is 5.69 Å². The van der Waals surface area contributed by atoms with E-state index in [0.717, 1.165) is 17.3 Å². The van der Waals surface area contributed by atoms with Crippen LogP contribution in [0.1, 0.15) is 48.9 Å². The van der Waals surface area contributed by atoms with Gasteiger partial charge in [-0.1, -0.05) is 61.5 Å². The molecule has 5 N–H and O–H groups in total. The monoisotopic (exact) mass is 541 g/mol. The summed E-state index contributed by atoms with van der Waals surface area (Å²) in [5.41, 5.74) is 0.320. The molecule has 0 saturated carbocycles. The number of aromatic nitrogens is 2. The number of aromatic amines is 2. The van der Waals surface area contributed by atoms with Gasteiger partial charge >= 0.3 is 5.69 Å². The van der Waals surface area contributed by atoms with E-state index >= 15 is 0 Å². The minimum Gasteiger partial charge on any atom is -0.494 e. The number of aliphatic imine (C=N–C) groups is 1. The maximum Gasteiger partial charge on any atom is 0.328 e. The number of hydrogen-bond acceptors (Lipinski definition) is 7. The van der Waals surface area contributed by atoms with Crippen LogP contribution in [-0.4, -0.2) is 37.3 Å². The summed E-state index contributed by atoms with van der Waals surface area (Å²) in [5.74, 6) is -1.13. The zero-order valence-electron chi connectivity index (χ0n) is 19.9. The van der Waals surface area contributed by atoms with Crippen LogP contribution in [0, 0.1) is 0 Å². The number of hydrogen-bond donors (Lipinski definition) is 5. The quantitative estimate of drug-likeness (QED) is 0.309. The second-order valence-corrected chi connectivity index (χ2v) is 10.3. The van der Waals surface area contributed by atoms with Crippen LogP contribution in [-0.2, 0) is 9.59 Å². The molecule has 1 fully saturated rings. The molecule has 1 aliphatic rings. The van der Waals surface area contributed by atoms with Crippen molar-refractivity contribution in [2.24, 2.45) is 4.99 Å². The van der Waals surface area contributed by atoms with Crippen LogP contribution in [0.2, 0.25) is 5.02 Å². The van der Waals surface area contributed by atoms with Gasteiger partial charge in [-0.25, -0.2) is 9.79 Å². The number of anilines is 1. The molecule has 4 rings (SSSR count). The summed E-state index contributed by atoms with van der Waals surface area (Å²) >= 11 is 6.91. The molecule has 2 aromatic carbocycles. The molecule has 2 atom stereocenters. The third-order valence-corrected chi connectivity index (χ3v) is 7.02. The number of aromatic hydroxyl groups is 1. The molecule has 37 heavy (non-hydrogen) atoms. The van der Waals surface area contributed by atoms with E-state index in [1.54, 1.807) is 36.4 Å². The molecule has 0 aliphatic carbocycles. The van der Waals surface area contributed by atoms with E-state index in [2.05, 4.69) is 25.6 Å². The molecule has 0 radical (unpaired) electrons. The predicted octanol–water partition coefficient (Wildman–Crippen LogP) is 3.25. The maximum atomic E-state index is 12.6. The summed E-state index contributed by atoms with van der Waals surface area (Å²) in [6.45, 7) is 4.08. The Balaban J connectivity index is 1.60. The molecule has 10 nitrogen and oxygen atoms in total. The summed E-state index contributed by atoms with van der Waals surface area (Å²) in [6, 6.07) is 12.9. The van der Waals surface area contributed by atoms with Crippen LogP contribution in [0.15, 0.2) is 63.1 Å². The van der Waals surface area contributed by atoms with Crippen molar-refractivity contribution in [1.82, 2.24) is 15.3 Å². The molecule has 12 heteroatoms. The topological polar surface area (TPSA) is 157 Å². The standard InChI is InChI=1S/C25H24ClN5O5S/c1-12(2)13-3-5-14(6-4-13)20(19-22(34)29-24(36)30-23(19)35)28-25-31-21(33)17(37-25)11-18(32)27-16-9-7-15(26)8-10-16/h3-10,12,17,20H,11H2,1-2H3,(H,27,32)(H,28,31,33)(H3,29,30,34,35,36)/t17-,20+/m1/s1. The highest BCUT2D eigenvalue weighted by molar-refractivity contribution is 8.15. The Kier molecular flexibility index (Phi) is 7.84. The van der Waals surface area contributed by atoms with Gasteiger partial charge in [0.2, 0.25) is 17.7 Å². The fraction of sp³-hybridized carbons (Fsp3) is 0.240. The zero-order valence-corrected chi connectivity index (χ0v) is 21.4. The van der Waals surface area contributed by atoms with E-state index in [4.69, 9.17) is 11.6 Å². The third kappa shape index (κ3) is 6.30. The van der Waals surface area contributed by atoms with Crippen LogP contribution in [0.5, 0.6) is 5.88 Å². The lowest BCUT2D eigenvalue weighted by molar-refractivity contribution is -0.122. The molecule has 0 spiro atoms. The van der Waals surface area contributed by atoms with E-state index < -0.39 is 34.3 Å². The average Bonchev–Trinajstić information content (AvgIpc) is 3.17. The fourth-order valence-corrected chi connectivity index (χ4v) is 4.86. The number of carbonyl (C=O) groups excluding carboxylic acids is 2. The Morgan fingerprint density at radius 3 is 2.32 bits per heavy atom. The lowest BCUT2D eigenvalue weighted by atomic mass is 9.96. The first-order valence-electron chi connectivity index (χ1n) is 11.4. The molecule has 192 valence electrons. The van der Waals surface area contributed by atoms with Crippen molar-refractivity contribution in [1.29, 1.82) is 0 Å². The number of nitrogens with one attached hydrogen (secondary N) is 4. The molecule has 2 amide bonds. The second-order valence-electron chi connectivity index (χ2n) is 8.68. The highest BCUT2D eigenvalue weighted by atomic mass is 35.5. The molecule has 0 unspecified atom stereocenters. The Morgan fingerprint density at radius 1 is 1.05 bits per heavy atom. The van der Waals surface area contributed by atoms with Crippen LogP contribution in [0.3, 0.4) is 0 Å². The number of thioether (sulfide) groups is 1. The van der Waals surface area contributed by atoms with Crippen molar-refractivity contribution in [3.8, 4) is 5.88 Å². The number of amidine groups is 1. The van der Waals surface area contributed by atoms with Gasteiger partial charge in [-0.15, -0.1) is 0 Å². The lowest BCUT2D eigenvalue weighted by Crippen LogP contribution is -2.29. The SMILES string of the molecule is CC(C)c1ccc([C@H](N=C2NC(=O)[C@@H](CC(=O)Nc3ccc(Cl)cc3)S2)c2c(O)[nH]c(=O)[nH]c2=O)cc1. The molecule has 1 aromatic heterocycles. The largest absolute Gasteiger partial charge is 0.494 e. The summed E-state index contributed by atoms with van der Waals surface area (Å²) in [5, 5.41) is 15.7. The lowest BCUT2D eigenvalue weighted by Gasteiger charge is -2.15.